The van der Waals surface area contributed by atoms with Gasteiger partial charge in [0.15, 0.2) is 0 Å². The molecule has 6 heteroatoms. The Labute approximate surface area is 213 Å². The van der Waals surface area contributed by atoms with Crippen molar-refractivity contribution in [2.75, 3.05) is 39.8 Å². The number of hydrogen-bond donors (Lipinski definition) is 0. The van der Waals surface area contributed by atoms with E-state index in [0.717, 1.165) is 55.3 Å². The molecule has 1 fully saturated rings. The molecule has 1 saturated heterocycles. The van der Waals surface area contributed by atoms with Gasteiger partial charge in [-0.15, -0.1) is 0 Å². The summed E-state index contributed by atoms with van der Waals surface area (Å²) in [6, 6.07) is 26.8. The van der Waals surface area contributed by atoms with Gasteiger partial charge in [0.1, 0.15) is 5.75 Å². The Balaban J connectivity index is 1.28. The van der Waals surface area contributed by atoms with Crippen molar-refractivity contribution in [3.63, 3.8) is 0 Å². The second-order valence-electron chi connectivity index (χ2n) is 9.69. The highest BCUT2D eigenvalue weighted by Crippen LogP contribution is 2.33. The van der Waals surface area contributed by atoms with E-state index in [4.69, 9.17) is 9.84 Å². The molecule has 2 aliphatic heterocycles. The van der Waals surface area contributed by atoms with Crippen LogP contribution in [0.2, 0.25) is 0 Å². The number of carbonyl (C=O) groups excluding carboxylic acids is 1. The summed E-state index contributed by atoms with van der Waals surface area (Å²) in [5.41, 5.74) is 5.57. The summed E-state index contributed by atoms with van der Waals surface area (Å²) in [6.45, 7) is 7.11. The third kappa shape index (κ3) is 5.66. The molecule has 0 spiro atoms. The summed E-state index contributed by atoms with van der Waals surface area (Å²) in [4.78, 5) is 18.3. The van der Waals surface area contributed by atoms with Crippen LogP contribution >= 0.6 is 0 Å². The molecule has 1 atom stereocenters. The number of hydrazone groups is 1. The van der Waals surface area contributed by atoms with Crippen molar-refractivity contribution in [3.05, 3.63) is 101 Å². The van der Waals surface area contributed by atoms with E-state index in [1.807, 2.05) is 24.3 Å². The summed E-state index contributed by atoms with van der Waals surface area (Å²) in [6.07, 6.45) is 0.687. The maximum Gasteiger partial charge on any atom is 0.257 e. The van der Waals surface area contributed by atoms with Crippen LogP contribution in [0.5, 0.6) is 5.75 Å². The highest BCUT2D eigenvalue weighted by molar-refractivity contribution is 6.03. The highest BCUT2D eigenvalue weighted by atomic mass is 16.5. The van der Waals surface area contributed by atoms with E-state index in [1.165, 1.54) is 11.1 Å². The molecule has 5 rings (SSSR count). The first-order chi connectivity index (χ1) is 17.6. The summed E-state index contributed by atoms with van der Waals surface area (Å²) < 4.78 is 5.41. The van der Waals surface area contributed by atoms with Crippen molar-refractivity contribution in [1.29, 1.82) is 0 Å². The fraction of sp³-hybridized carbons (Fsp3) is 0.333. The number of methoxy groups -OCH3 is 1. The molecule has 0 saturated carbocycles. The van der Waals surface area contributed by atoms with Crippen molar-refractivity contribution in [2.24, 2.45) is 5.10 Å². The van der Waals surface area contributed by atoms with E-state index < -0.39 is 0 Å². The summed E-state index contributed by atoms with van der Waals surface area (Å²) in [7, 11) is 1.67. The molecule has 2 heterocycles. The third-order valence-corrected chi connectivity index (χ3v) is 7.10. The maximum absolute atomic E-state index is 13.6. The Morgan fingerprint density at radius 1 is 0.917 bits per heavy atom. The number of carbonyl (C=O) groups is 1. The number of benzene rings is 3. The number of piperazine rings is 1. The average molecular weight is 483 g/mol. The quantitative estimate of drug-likeness (QED) is 0.498. The van der Waals surface area contributed by atoms with Crippen molar-refractivity contribution >= 4 is 11.6 Å². The zero-order valence-electron chi connectivity index (χ0n) is 21.1. The van der Waals surface area contributed by atoms with Gasteiger partial charge in [-0.05, 0) is 30.2 Å². The van der Waals surface area contributed by atoms with Crippen LogP contribution in [0.3, 0.4) is 0 Å². The van der Waals surface area contributed by atoms with Crippen molar-refractivity contribution in [2.45, 2.75) is 25.9 Å². The largest absolute Gasteiger partial charge is 0.497 e. The number of ether oxygens (including phenoxy) is 1. The molecule has 0 aliphatic carbocycles. The van der Waals surface area contributed by atoms with Gasteiger partial charge < -0.3 is 4.74 Å². The SMILES string of the molecule is COc1cccc(C2=NN(C(=O)CN3CCN(Cc4ccccc4)CC3)[C@@H](c3ccc(C)cc3)C2)c1. The number of nitrogens with zero attached hydrogens (tertiary/aromatic N) is 4. The minimum absolute atomic E-state index is 0.0509. The summed E-state index contributed by atoms with van der Waals surface area (Å²) in [5, 5.41) is 6.58. The standard InChI is InChI=1S/C30H34N4O2/c1-23-11-13-25(14-12-23)29-20-28(26-9-6-10-27(19-26)36-2)31-34(29)30(35)22-33-17-15-32(16-18-33)21-24-7-4-3-5-8-24/h3-14,19,29H,15-18,20-22H2,1-2H3/t29-/m1/s1. The Morgan fingerprint density at radius 2 is 1.64 bits per heavy atom. The van der Waals surface area contributed by atoms with Crippen LogP contribution in [0.1, 0.15) is 34.7 Å². The van der Waals surface area contributed by atoms with Crippen LogP contribution in [-0.2, 0) is 11.3 Å². The molecule has 0 radical (unpaired) electrons. The molecule has 2 aliphatic rings. The fourth-order valence-corrected chi connectivity index (χ4v) is 4.98. The lowest BCUT2D eigenvalue weighted by Crippen LogP contribution is -2.49. The van der Waals surface area contributed by atoms with E-state index in [-0.39, 0.29) is 11.9 Å². The smallest absolute Gasteiger partial charge is 0.257 e. The monoisotopic (exact) mass is 482 g/mol. The zero-order chi connectivity index (χ0) is 24.9. The van der Waals surface area contributed by atoms with Crippen molar-refractivity contribution < 1.29 is 9.53 Å². The molecule has 0 bridgehead atoms. The van der Waals surface area contributed by atoms with Gasteiger partial charge in [0.2, 0.25) is 0 Å². The van der Waals surface area contributed by atoms with E-state index in [9.17, 15) is 4.79 Å². The van der Waals surface area contributed by atoms with Crippen LogP contribution in [0, 0.1) is 6.92 Å². The van der Waals surface area contributed by atoms with Gasteiger partial charge in [0, 0.05) is 44.7 Å². The van der Waals surface area contributed by atoms with Gasteiger partial charge in [-0.2, -0.15) is 5.10 Å². The minimum Gasteiger partial charge on any atom is -0.497 e. The summed E-state index contributed by atoms with van der Waals surface area (Å²) >= 11 is 0. The van der Waals surface area contributed by atoms with E-state index in [1.54, 1.807) is 12.1 Å². The summed E-state index contributed by atoms with van der Waals surface area (Å²) in [5.74, 6) is 0.843. The van der Waals surface area contributed by atoms with Gasteiger partial charge in [0.05, 0.1) is 25.4 Å². The van der Waals surface area contributed by atoms with Gasteiger partial charge in [-0.25, -0.2) is 5.01 Å². The first kappa shape index (κ1) is 24.2. The Hall–Kier alpha value is -3.48. The second-order valence-corrected chi connectivity index (χ2v) is 9.69. The molecule has 3 aromatic rings. The normalized spacial score (nSPS) is 18.8. The van der Waals surface area contributed by atoms with Gasteiger partial charge in [-0.3, -0.25) is 14.6 Å². The van der Waals surface area contributed by atoms with Crippen molar-refractivity contribution in [1.82, 2.24) is 14.8 Å². The average Bonchev–Trinajstić information content (AvgIpc) is 3.37. The van der Waals surface area contributed by atoms with Crippen LogP contribution in [-0.4, -0.2) is 66.3 Å². The molecular weight excluding hydrogens is 448 g/mol. The molecule has 6 nitrogen and oxygen atoms in total. The number of aryl methyl sites for hydroxylation is 1. The fourth-order valence-electron chi connectivity index (χ4n) is 4.98. The van der Waals surface area contributed by atoms with Crippen LogP contribution in [0.4, 0.5) is 0 Å². The lowest BCUT2D eigenvalue weighted by molar-refractivity contribution is -0.134. The Bertz CT molecular complexity index is 1200. The van der Waals surface area contributed by atoms with Crippen LogP contribution in [0.15, 0.2) is 84.0 Å². The Morgan fingerprint density at radius 3 is 2.36 bits per heavy atom. The Kier molecular flexibility index (Phi) is 7.44. The minimum atomic E-state index is -0.0985. The topological polar surface area (TPSA) is 48.4 Å². The molecule has 0 N–H and O–H groups in total. The molecule has 186 valence electrons. The van der Waals surface area contributed by atoms with Gasteiger partial charge >= 0.3 is 0 Å². The van der Waals surface area contributed by atoms with Crippen LogP contribution < -0.4 is 4.74 Å². The molecule has 3 aromatic carbocycles. The van der Waals surface area contributed by atoms with Gasteiger partial charge in [0.25, 0.3) is 5.91 Å². The zero-order valence-corrected chi connectivity index (χ0v) is 21.1. The first-order valence-corrected chi connectivity index (χ1v) is 12.7. The molecule has 1 amide bonds. The predicted molar refractivity (Wildman–Crippen MR) is 143 cm³/mol. The highest BCUT2D eigenvalue weighted by Gasteiger charge is 2.34. The molecular formula is C30H34N4O2. The number of amides is 1. The molecule has 0 unspecified atom stereocenters. The number of rotatable bonds is 7. The van der Waals surface area contributed by atoms with E-state index >= 15 is 0 Å². The first-order valence-electron chi connectivity index (χ1n) is 12.7. The molecule has 0 aromatic heterocycles. The number of hydrogen-bond acceptors (Lipinski definition) is 5. The third-order valence-electron chi connectivity index (χ3n) is 7.10. The lowest BCUT2D eigenvalue weighted by Gasteiger charge is -2.35. The van der Waals surface area contributed by atoms with E-state index in [0.29, 0.717) is 13.0 Å². The lowest BCUT2D eigenvalue weighted by atomic mass is 9.97. The van der Waals surface area contributed by atoms with Crippen LogP contribution in [0.25, 0.3) is 0 Å². The molecule has 36 heavy (non-hydrogen) atoms. The van der Waals surface area contributed by atoms with Crippen molar-refractivity contribution in [3.8, 4) is 5.75 Å². The maximum atomic E-state index is 13.6. The van der Waals surface area contributed by atoms with E-state index in [2.05, 4.69) is 71.3 Å². The second kappa shape index (κ2) is 11.1. The predicted octanol–water partition coefficient (Wildman–Crippen LogP) is 4.50. The van der Waals surface area contributed by atoms with Gasteiger partial charge in [-0.1, -0.05) is 72.3 Å².